The highest BCUT2D eigenvalue weighted by molar-refractivity contribution is 9.11. The zero-order chi connectivity index (χ0) is 16.9. The number of benzene rings is 1. The number of nitrogens with one attached hydrogen (secondary N) is 1. The number of halogens is 2. The summed E-state index contributed by atoms with van der Waals surface area (Å²) >= 11 is 6.90. The van der Waals surface area contributed by atoms with Crippen LogP contribution in [0.4, 0.5) is 0 Å². The number of carbonyl (C=O) groups excluding carboxylic acids is 2. The predicted octanol–water partition coefficient (Wildman–Crippen LogP) is 1.74. The SMILES string of the molecule is COc1cc(C2[C@@H](O)N(C)C(=O)[C@]23CCC(=O)N3)c(Br)cc1Br. The molecule has 0 bridgehead atoms. The lowest BCUT2D eigenvalue weighted by Crippen LogP contribution is -2.51. The van der Waals surface area contributed by atoms with Gasteiger partial charge in [-0.15, -0.1) is 0 Å². The first-order chi connectivity index (χ1) is 10.8. The fraction of sp³-hybridized carbons (Fsp3) is 0.467. The van der Waals surface area contributed by atoms with E-state index in [1.54, 1.807) is 20.2 Å². The molecule has 2 fully saturated rings. The molecule has 0 aliphatic carbocycles. The van der Waals surface area contributed by atoms with E-state index in [9.17, 15) is 14.7 Å². The highest BCUT2D eigenvalue weighted by atomic mass is 79.9. The fourth-order valence-electron chi connectivity index (χ4n) is 3.49. The zero-order valence-electron chi connectivity index (χ0n) is 12.6. The van der Waals surface area contributed by atoms with E-state index in [1.807, 2.05) is 6.07 Å². The number of methoxy groups -OCH3 is 1. The molecule has 23 heavy (non-hydrogen) atoms. The van der Waals surface area contributed by atoms with Gasteiger partial charge >= 0.3 is 0 Å². The summed E-state index contributed by atoms with van der Waals surface area (Å²) in [7, 11) is 3.09. The number of nitrogens with zero attached hydrogens (tertiary/aromatic N) is 1. The van der Waals surface area contributed by atoms with Crippen LogP contribution in [0.15, 0.2) is 21.1 Å². The molecule has 1 unspecified atom stereocenters. The topological polar surface area (TPSA) is 78.9 Å². The van der Waals surface area contributed by atoms with Gasteiger partial charge in [0.1, 0.15) is 17.5 Å². The average molecular weight is 448 g/mol. The molecule has 1 aromatic rings. The molecule has 3 rings (SSSR count). The highest BCUT2D eigenvalue weighted by Gasteiger charge is 2.61. The van der Waals surface area contributed by atoms with Crippen molar-refractivity contribution >= 4 is 43.7 Å². The van der Waals surface area contributed by atoms with Crippen molar-refractivity contribution < 1.29 is 19.4 Å². The maximum absolute atomic E-state index is 12.7. The van der Waals surface area contributed by atoms with Crippen LogP contribution in [0.5, 0.6) is 5.75 Å². The molecule has 1 spiro atoms. The number of likely N-dealkylation sites (tertiary alicyclic amines) is 1. The standard InChI is InChI=1S/C15H16Br2N2O4/c1-19-13(21)12(15(14(19)22)4-3-11(20)18-15)7-5-10(23-2)9(17)6-8(7)16/h5-6,12-13,21H,3-4H2,1-2H3,(H,18,20)/t12?,13-,15+/m1/s1. The number of likely N-dealkylation sites (N-methyl/N-ethyl adjacent to an activating group) is 1. The summed E-state index contributed by atoms with van der Waals surface area (Å²) in [5.74, 6) is -0.430. The monoisotopic (exact) mass is 446 g/mol. The Morgan fingerprint density at radius 2 is 2.04 bits per heavy atom. The van der Waals surface area contributed by atoms with Crippen LogP contribution >= 0.6 is 31.9 Å². The van der Waals surface area contributed by atoms with Crippen molar-refractivity contribution in [3.8, 4) is 5.75 Å². The Morgan fingerprint density at radius 3 is 2.61 bits per heavy atom. The molecule has 2 amide bonds. The molecule has 6 nitrogen and oxygen atoms in total. The molecular formula is C15H16Br2N2O4. The van der Waals surface area contributed by atoms with Crippen molar-refractivity contribution in [3.63, 3.8) is 0 Å². The molecule has 3 atom stereocenters. The first-order valence-electron chi connectivity index (χ1n) is 7.11. The second kappa shape index (κ2) is 5.75. The average Bonchev–Trinajstić information content (AvgIpc) is 2.97. The van der Waals surface area contributed by atoms with Crippen LogP contribution in [0.1, 0.15) is 24.3 Å². The fourth-order valence-corrected chi connectivity index (χ4v) is 4.89. The Hall–Kier alpha value is -1.12. The number of rotatable bonds is 2. The van der Waals surface area contributed by atoms with Crippen molar-refractivity contribution in [3.05, 3.63) is 26.6 Å². The molecule has 0 saturated carbocycles. The smallest absolute Gasteiger partial charge is 0.250 e. The molecule has 2 aliphatic heterocycles. The summed E-state index contributed by atoms with van der Waals surface area (Å²) in [6.45, 7) is 0. The minimum atomic E-state index is -1.10. The third-order valence-corrected chi connectivity index (χ3v) is 5.95. The molecule has 0 aromatic heterocycles. The molecule has 2 aliphatic rings. The van der Waals surface area contributed by atoms with Gasteiger partial charge in [0, 0.05) is 17.9 Å². The maximum Gasteiger partial charge on any atom is 0.250 e. The van der Waals surface area contributed by atoms with Crippen molar-refractivity contribution in [2.75, 3.05) is 14.2 Å². The number of hydrogen-bond acceptors (Lipinski definition) is 4. The molecule has 8 heteroatoms. The van der Waals surface area contributed by atoms with Gasteiger partial charge in [0.2, 0.25) is 5.91 Å². The second-order valence-electron chi connectivity index (χ2n) is 5.84. The first kappa shape index (κ1) is 16.7. The van der Waals surface area contributed by atoms with Gasteiger partial charge in [0.15, 0.2) is 0 Å². The second-order valence-corrected chi connectivity index (χ2v) is 7.54. The summed E-state index contributed by atoms with van der Waals surface area (Å²) in [5.41, 5.74) is -0.385. The van der Waals surface area contributed by atoms with Crippen molar-refractivity contribution in [1.29, 1.82) is 0 Å². The van der Waals surface area contributed by atoms with Crippen LogP contribution in [0.3, 0.4) is 0 Å². The lowest BCUT2D eigenvalue weighted by Gasteiger charge is -2.30. The third kappa shape index (κ3) is 2.38. The van der Waals surface area contributed by atoms with Gasteiger partial charge in [-0.2, -0.15) is 0 Å². The molecular weight excluding hydrogens is 432 g/mol. The van der Waals surface area contributed by atoms with E-state index in [1.165, 1.54) is 4.90 Å². The highest BCUT2D eigenvalue weighted by Crippen LogP contribution is 2.48. The zero-order valence-corrected chi connectivity index (χ0v) is 15.8. The van der Waals surface area contributed by atoms with Crippen molar-refractivity contribution in [2.24, 2.45) is 0 Å². The number of aliphatic hydroxyl groups is 1. The van der Waals surface area contributed by atoms with E-state index in [4.69, 9.17) is 4.74 Å². The number of hydrogen-bond donors (Lipinski definition) is 2. The van der Waals surface area contributed by atoms with E-state index in [-0.39, 0.29) is 18.2 Å². The van der Waals surface area contributed by atoms with Crippen LogP contribution in [0.25, 0.3) is 0 Å². The number of ether oxygens (including phenoxy) is 1. The lowest BCUT2D eigenvalue weighted by atomic mass is 9.79. The molecule has 1 aromatic carbocycles. The minimum Gasteiger partial charge on any atom is -0.496 e. The van der Waals surface area contributed by atoms with Gasteiger partial charge in [-0.25, -0.2) is 0 Å². The van der Waals surface area contributed by atoms with Crippen LogP contribution < -0.4 is 10.1 Å². The lowest BCUT2D eigenvalue weighted by molar-refractivity contribution is -0.136. The van der Waals surface area contributed by atoms with Crippen molar-refractivity contribution in [1.82, 2.24) is 10.2 Å². The Kier molecular flexibility index (Phi) is 4.18. The molecule has 0 radical (unpaired) electrons. The number of carbonyl (C=O) groups is 2. The molecule has 2 heterocycles. The van der Waals surface area contributed by atoms with Crippen LogP contribution in [-0.2, 0) is 9.59 Å². The summed E-state index contributed by atoms with van der Waals surface area (Å²) in [6, 6.07) is 3.59. The maximum atomic E-state index is 12.7. The van der Waals surface area contributed by atoms with Crippen LogP contribution in [0.2, 0.25) is 0 Å². The summed E-state index contributed by atoms with van der Waals surface area (Å²) in [6.07, 6.45) is -0.390. The van der Waals surface area contributed by atoms with Gasteiger partial charge in [-0.1, -0.05) is 15.9 Å². The van der Waals surface area contributed by atoms with Crippen molar-refractivity contribution in [2.45, 2.75) is 30.5 Å². The molecule has 2 saturated heterocycles. The van der Waals surface area contributed by atoms with Gasteiger partial charge in [-0.05, 0) is 40.0 Å². The Labute approximate surface area is 150 Å². The van der Waals surface area contributed by atoms with Gasteiger partial charge in [-0.3, -0.25) is 9.59 Å². The van der Waals surface area contributed by atoms with Gasteiger partial charge in [0.25, 0.3) is 5.91 Å². The van der Waals surface area contributed by atoms with E-state index in [0.29, 0.717) is 12.2 Å². The van der Waals surface area contributed by atoms with Gasteiger partial charge in [0.05, 0.1) is 17.5 Å². The Bertz CT molecular complexity index is 696. The minimum absolute atomic E-state index is 0.175. The normalized spacial score (nSPS) is 30.2. The van der Waals surface area contributed by atoms with Crippen LogP contribution in [0, 0.1) is 0 Å². The largest absolute Gasteiger partial charge is 0.496 e. The number of aliphatic hydroxyl groups excluding tert-OH is 1. The Morgan fingerprint density at radius 1 is 1.35 bits per heavy atom. The van der Waals surface area contributed by atoms with E-state index < -0.39 is 17.7 Å². The summed E-state index contributed by atoms with van der Waals surface area (Å²) in [5, 5.41) is 13.4. The van der Waals surface area contributed by atoms with E-state index in [2.05, 4.69) is 37.2 Å². The number of amides is 2. The third-order valence-electron chi connectivity index (χ3n) is 4.64. The molecule has 124 valence electrons. The van der Waals surface area contributed by atoms with E-state index in [0.717, 1.165) is 14.5 Å². The first-order valence-corrected chi connectivity index (χ1v) is 8.69. The molecule has 2 N–H and O–H groups in total. The summed E-state index contributed by atoms with van der Waals surface area (Å²) in [4.78, 5) is 25.8. The summed E-state index contributed by atoms with van der Waals surface area (Å²) < 4.78 is 6.82. The predicted molar refractivity (Wildman–Crippen MR) is 90.0 cm³/mol. The quantitative estimate of drug-likeness (QED) is 0.723. The van der Waals surface area contributed by atoms with E-state index >= 15 is 0 Å². The van der Waals surface area contributed by atoms with Gasteiger partial charge < -0.3 is 20.1 Å². The Balaban J connectivity index is 2.17. The van der Waals surface area contributed by atoms with Crippen LogP contribution in [-0.4, -0.2) is 47.7 Å².